The predicted octanol–water partition coefficient (Wildman–Crippen LogP) is 2.50. The minimum Gasteiger partial charge on any atom is -0.314 e. The topological polar surface area (TPSA) is 15.3 Å². The first-order valence-electron chi connectivity index (χ1n) is 8.13. The highest BCUT2D eigenvalue weighted by Gasteiger charge is 2.50. The van der Waals surface area contributed by atoms with Crippen molar-refractivity contribution in [3.63, 3.8) is 0 Å². The zero-order chi connectivity index (χ0) is 12.2. The fraction of sp³-hybridized carbons (Fsp3) is 1.00. The van der Waals surface area contributed by atoms with E-state index >= 15 is 0 Å². The Morgan fingerprint density at radius 2 is 1.56 bits per heavy atom. The zero-order valence-corrected chi connectivity index (χ0v) is 11.8. The Morgan fingerprint density at radius 1 is 1.00 bits per heavy atom. The molecule has 0 amide bonds. The van der Waals surface area contributed by atoms with E-state index in [0.717, 1.165) is 29.2 Å². The van der Waals surface area contributed by atoms with E-state index in [4.69, 9.17) is 0 Å². The van der Waals surface area contributed by atoms with Crippen LogP contribution in [0.3, 0.4) is 0 Å². The van der Waals surface area contributed by atoms with Crippen LogP contribution in [0.15, 0.2) is 0 Å². The summed E-state index contributed by atoms with van der Waals surface area (Å²) in [7, 11) is 2.34. The van der Waals surface area contributed by atoms with Crippen molar-refractivity contribution in [1.82, 2.24) is 10.2 Å². The van der Waals surface area contributed by atoms with Gasteiger partial charge in [-0.25, -0.2) is 0 Å². The summed E-state index contributed by atoms with van der Waals surface area (Å²) in [6.45, 7) is 3.78. The van der Waals surface area contributed by atoms with Crippen molar-refractivity contribution >= 4 is 0 Å². The van der Waals surface area contributed by atoms with Crippen molar-refractivity contribution in [2.24, 2.45) is 23.2 Å². The predicted molar refractivity (Wildman–Crippen MR) is 74.5 cm³/mol. The highest BCUT2D eigenvalue weighted by atomic mass is 15.2. The van der Waals surface area contributed by atoms with E-state index in [1.54, 1.807) is 38.5 Å². The van der Waals surface area contributed by atoms with Crippen molar-refractivity contribution in [2.75, 3.05) is 26.7 Å². The SMILES string of the molecule is CN(CCC12CC3CC(CC(C3)C1)C2)C1CNC1. The van der Waals surface area contributed by atoms with E-state index in [0.29, 0.717) is 0 Å². The van der Waals surface area contributed by atoms with Gasteiger partial charge in [-0.1, -0.05) is 0 Å². The molecule has 0 aromatic heterocycles. The quantitative estimate of drug-likeness (QED) is 0.822. The average Bonchev–Trinajstić information content (AvgIpc) is 2.22. The van der Waals surface area contributed by atoms with Gasteiger partial charge < -0.3 is 10.2 Å². The number of hydrogen-bond acceptors (Lipinski definition) is 2. The molecule has 5 aliphatic rings. The molecule has 0 unspecified atom stereocenters. The molecule has 1 N–H and O–H groups in total. The molecule has 4 saturated carbocycles. The smallest absolute Gasteiger partial charge is 0.0342 e. The first-order valence-corrected chi connectivity index (χ1v) is 8.13. The highest BCUT2D eigenvalue weighted by Crippen LogP contribution is 2.61. The molecular formula is C16H28N2. The molecule has 1 aliphatic heterocycles. The highest BCUT2D eigenvalue weighted by molar-refractivity contribution is 5.01. The van der Waals surface area contributed by atoms with E-state index in [2.05, 4.69) is 17.3 Å². The molecule has 4 aliphatic carbocycles. The van der Waals surface area contributed by atoms with Gasteiger partial charge in [-0.05, 0) is 81.7 Å². The summed E-state index contributed by atoms with van der Waals surface area (Å²) >= 11 is 0. The van der Waals surface area contributed by atoms with Crippen LogP contribution in [-0.2, 0) is 0 Å². The van der Waals surface area contributed by atoms with Crippen LogP contribution >= 0.6 is 0 Å². The standard InChI is InChI=1S/C16H28N2/c1-18(15-10-17-11-15)3-2-16-7-12-4-13(8-16)6-14(5-12)9-16/h12-15,17H,2-11H2,1H3. The van der Waals surface area contributed by atoms with Crippen molar-refractivity contribution in [1.29, 1.82) is 0 Å². The summed E-state index contributed by atoms with van der Waals surface area (Å²) in [4.78, 5) is 2.62. The third-order valence-electron chi connectivity index (χ3n) is 6.54. The lowest BCUT2D eigenvalue weighted by atomic mass is 9.49. The maximum atomic E-state index is 3.39. The van der Waals surface area contributed by atoms with Crippen LogP contribution in [0.4, 0.5) is 0 Å². The molecule has 5 fully saturated rings. The summed E-state index contributed by atoms with van der Waals surface area (Å²) < 4.78 is 0. The van der Waals surface area contributed by atoms with Gasteiger partial charge in [-0.2, -0.15) is 0 Å². The molecular weight excluding hydrogens is 220 g/mol. The number of nitrogens with zero attached hydrogens (tertiary/aromatic N) is 1. The molecule has 102 valence electrons. The molecule has 0 atom stereocenters. The lowest BCUT2D eigenvalue weighted by Crippen LogP contribution is -2.56. The van der Waals surface area contributed by atoms with Crippen molar-refractivity contribution < 1.29 is 0 Å². The minimum absolute atomic E-state index is 0.778. The third-order valence-corrected chi connectivity index (χ3v) is 6.54. The molecule has 5 rings (SSSR count). The summed E-state index contributed by atoms with van der Waals surface area (Å²) in [5, 5.41) is 3.39. The van der Waals surface area contributed by atoms with Crippen LogP contribution in [0.2, 0.25) is 0 Å². The van der Waals surface area contributed by atoms with E-state index in [-0.39, 0.29) is 0 Å². The van der Waals surface area contributed by atoms with Gasteiger partial charge in [0.05, 0.1) is 0 Å². The fourth-order valence-electron chi connectivity index (χ4n) is 5.78. The molecule has 2 heteroatoms. The molecule has 0 aromatic carbocycles. The second kappa shape index (κ2) is 4.21. The summed E-state index contributed by atoms with van der Waals surface area (Å²) in [5.41, 5.74) is 0.778. The van der Waals surface area contributed by atoms with E-state index < -0.39 is 0 Å². The lowest BCUT2D eigenvalue weighted by molar-refractivity contribution is -0.0620. The van der Waals surface area contributed by atoms with Gasteiger partial charge in [-0.15, -0.1) is 0 Å². The molecule has 18 heavy (non-hydrogen) atoms. The van der Waals surface area contributed by atoms with Gasteiger partial charge in [0.1, 0.15) is 0 Å². The third kappa shape index (κ3) is 1.92. The number of nitrogens with one attached hydrogen (secondary N) is 1. The van der Waals surface area contributed by atoms with E-state index in [1.807, 2.05) is 0 Å². The minimum atomic E-state index is 0.778. The first kappa shape index (κ1) is 11.7. The Labute approximate surface area is 111 Å². The molecule has 0 aromatic rings. The zero-order valence-electron chi connectivity index (χ0n) is 11.8. The van der Waals surface area contributed by atoms with Gasteiger partial charge in [0, 0.05) is 19.1 Å². The van der Waals surface area contributed by atoms with Crippen molar-refractivity contribution in [3.05, 3.63) is 0 Å². The molecule has 1 heterocycles. The van der Waals surface area contributed by atoms with Crippen LogP contribution in [0.1, 0.15) is 44.9 Å². The summed E-state index contributed by atoms with van der Waals surface area (Å²) in [6, 6.07) is 0.832. The molecule has 0 radical (unpaired) electrons. The maximum absolute atomic E-state index is 3.39. The fourth-order valence-corrected chi connectivity index (χ4v) is 5.78. The Morgan fingerprint density at radius 3 is 2.00 bits per heavy atom. The lowest BCUT2D eigenvalue weighted by Gasteiger charge is -2.57. The number of hydrogen-bond donors (Lipinski definition) is 1. The summed E-state index contributed by atoms with van der Waals surface area (Å²) in [6.07, 6.45) is 11.0. The van der Waals surface area contributed by atoms with Gasteiger partial charge in [0.25, 0.3) is 0 Å². The van der Waals surface area contributed by atoms with Crippen LogP contribution < -0.4 is 5.32 Å². The second-order valence-electron chi connectivity index (χ2n) is 7.96. The monoisotopic (exact) mass is 248 g/mol. The second-order valence-corrected chi connectivity index (χ2v) is 7.96. The van der Waals surface area contributed by atoms with Crippen molar-refractivity contribution in [3.8, 4) is 0 Å². The Hall–Kier alpha value is -0.0800. The molecule has 1 saturated heterocycles. The van der Waals surface area contributed by atoms with Gasteiger partial charge >= 0.3 is 0 Å². The summed E-state index contributed by atoms with van der Waals surface area (Å²) in [5.74, 6) is 3.35. The van der Waals surface area contributed by atoms with Crippen LogP contribution in [-0.4, -0.2) is 37.6 Å². The molecule has 0 spiro atoms. The molecule has 4 bridgehead atoms. The molecule has 2 nitrogen and oxygen atoms in total. The largest absolute Gasteiger partial charge is 0.314 e. The van der Waals surface area contributed by atoms with E-state index in [9.17, 15) is 0 Å². The van der Waals surface area contributed by atoms with Gasteiger partial charge in [-0.3, -0.25) is 0 Å². The van der Waals surface area contributed by atoms with Gasteiger partial charge in [0.2, 0.25) is 0 Å². The Bertz CT molecular complexity index is 286. The van der Waals surface area contributed by atoms with Crippen LogP contribution in [0.5, 0.6) is 0 Å². The van der Waals surface area contributed by atoms with E-state index in [1.165, 1.54) is 26.1 Å². The average molecular weight is 248 g/mol. The normalized spacial score (nSPS) is 46.7. The Kier molecular flexibility index (Phi) is 2.74. The number of rotatable bonds is 4. The Balaban J connectivity index is 1.38. The maximum Gasteiger partial charge on any atom is 0.0342 e. The van der Waals surface area contributed by atoms with Crippen LogP contribution in [0.25, 0.3) is 0 Å². The van der Waals surface area contributed by atoms with Crippen LogP contribution in [0, 0.1) is 23.2 Å². The number of likely N-dealkylation sites (N-methyl/N-ethyl adjacent to an activating group) is 1. The van der Waals surface area contributed by atoms with Crippen molar-refractivity contribution in [2.45, 2.75) is 51.0 Å². The van der Waals surface area contributed by atoms with Gasteiger partial charge in [0.15, 0.2) is 0 Å². The first-order chi connectivity index (χ1) is 8.72.